The van der Waals surface area contributed by atoms with Gasteiger partial charge in [0.05, 0.1) is 30.1 Å². The van der Waals surface area contributed by atoms with Crippen molar-refractivity contribution < 1.29 is 19.0 Å². The highest BCUT2D eigenvalue weighted by Gasteiger charge is 2.26. The molecule has 0 aromatic heterocycles. The number of hydrogen-bond donors (Lipinski definition) is 0. The van der Waals surface area contributed by atoms with Gasteiger partial charge in [0.1, 0.15) is 18.1 Å². The molecular formula is C26H32N2O4. The van der Waals surface area contributed by atoms with E-state index in [2.05, 4.69) is 4.99 Å². The number of benzene rings is 2. The third-order valence-corrected chi connectivity index (χ3v) is 5.70. The molecule has 1 aliphatic heterocycles. The van der Waals surface area contributed by atoms with Crippen LogP contribution in [0.2, 0.25) is 0 Å². The highest BCUT2D eigenvalue weighted by molar-refractivity contribution is 5.76. The Balaban J connectivity index is 1.51. The summed E-state index contributed by atoms with van der Waals surface area (Å²) in [6.45, 7) is 6.75. The summed E-state index contributed by atoms with van der Waals surface area (Å²) in [4.78, 5) is 18.7. The molecule has 2 aliphatic rings. The Morgan fingerprint density at radius 3 is 2.59 bits per heavy atom. The van der Waals surface area contributed by atoms with Crippen molar-refractivity contribution in [1.82, 2.24) is 4.90 Å². The summed E-state index contributed by atoms with van der Waals surface area (Å²) in [6, 6.07) is 14.0. The van der Waals surface area contributed by atoms with Crippen LogP contribution in [0.1, 0.15) is 57.6 Å². The van der Waals surface area contributed by atoms with E-state index in [1.54, 1.807) is 6.34 Å². The number of rotatable bonds is 7. The lowest BCUT2D eigenvalue weighted by Gasteiger charge is -2.28. The van der Waals surface area contributed by atoms with Crippen molar-refractivity contribution >= 4 is 18.0 Å². The van der Waals surface area contributed by atoms with Gasteiger partial charge in [-0.15, -0.1) is 0 Å². The number of esters is 1. The molecule has 0 radical (unpaired) electrons. The maximum atomic E-state index is 12.1. The number of ether oxygens (including phenoxy) is 3. The minimum absolute atomic E-state index is 0.161. The van der Waals surface area contributed by atoms with E-state index in [1.807, 2.05) is 68.1 Å². The molecule has 4 rings (SSSR count). The quantitative estimate of drug-likeness (QED) is 0.528. The second-order valence-electron chi connectivity index (χ2n) is 9.52. The first-order valence-electron chi connectivity index (χ1n) is 11.3. The van der Waals surface area contributed by atoms with Gasteiger partial charge in [-0.2, -0.15) is 0 Å². The van der Waals surface area contributed by atoms with E-state index < -0.39 is 5.41 Å². The number of carbonyl (C=O) groups excluding carboxylic acids is 1. The third-order valence-electron chi connectivity index (χ3n) is 5.70. The number of fused-ring (bicyclic) bond motifs is 1. The number of aliphatic imine (C=N–C) groups is 1. The Bertz CT molecular complexity index is 960. The van der Waals surface area contributed by atoms with Crippen LogP contribution in [-0.4, -0.2) is 30.0 Å². The average Bonchev–Trinajstić information content (AvgIpc) is 3.29. The highest BCUT2D eigenvalue weighted by Crippen LogP contribution is 2.39. The van der Waals surface area contributed by atoms with Crippen LogP contribution in [0.5, 0.6) is 11.5 Å². The number of carbonyl (C=O) groups is 1. The standard InChI is InChI=1S/C26H32N2O4/c1-26(2,3)25(29)31-18-28-15-22-23(27-17-28)13-21(30-16-19-9-5-4-6-10-19)14-24(22)32-20-11-7-8-12-20/h4-6,9-10,13-14,17,20H,7-8,11-12,15-16,18H2,1-3H3. The molecule has 170 valence electrons. The molecule has 2 aromatic carbocycles. The summed E-state index contributed by atoms with van der Waals surface area (Å²) in [5.41, 5.74) is 2.41. The van der Waals surface area contributed by atoms with E-state index in [9.17, 15) is 4.79 Å². The van der Waals surface area contributed by atoms with Crippen molar-refractivity contribution in [1.29, 1.82) is 0 Å². The lowest BCUT2D eigenvalue weighted by atomic mass is 9.98. The molecule has 0 N–H and O–H groups in total. The van der Waals surface area contributed by atoms with Crippen molar-refractivity contribution in [3.63, 3.8) is 0 Å². The Labute approximate surface area is 190 Å². The molecular weight excluding hydrogens is 404 g/mol. The second kappa shape index (κ2) is 9.63. The van der Waals surface area contributed by atoms with Gasteiger partial charge >= 0.3 is 5.97 Å². The van der Waals surface area contributed by atoms with Crippen LogP contribution >= 0.6 is 0 Å². The van der Waals surface area contributed by atoms with Crippen molar-refractivity contribution in [2.24, 2.45) is 10.4 Å². The molecule has 1 saturated carbocycles. The van der Waals surface area contributed by atoms with Gasteiger partial charge < -0.3 is 19.1 Å². The van der Waals surface area contributed by atoms with Crippen molar-refractivity contribution in [2.45, 2.75) is 65.7 Å². The first-order chi connectivity index (χ1) is 15.4. The van der Waals surface area contributed by atoms with Gasteiger partial charge in [0.2, 0.25) is 0 Å². The van der Waals surface area contributed by atoms with Gasteiger partial charge in [-0.25, -0.2) is 4.99 Å². The van der Waals surface area contributed by atoms with Crippen LogP contribution in [0, 0.1) is 5.41 Å². The topological polar surface area (TPSA) is 60.4 Å². The van der Waals surface area contributed by atoms with Crippen molar-refractivity contribution in [2.75, 3.05) is 6.73 Å². The normalized spacial score (nSPS) is 16.0. The minimum atomic E-state index is -0.535. The lowest BCUT2D eigenvalue weighted by Crippen LogP contribution is -2.32. The van der Waals surface area contributed by atoms with Gasteiger partial charge in [0.25, 0.3) is 0 Å². The molecule has 1 fully saturated rings. The molecule has 0 spiro atoms. The summed E-state index contributed by atoms with van der Waals surface area (Å²) in [6.07, 6.45) is 6.48. The highest BCUT2D eigenvalue weighted by atomic mass is 16.5. The molecule has 32 heavy (non-hydrogen) atoms. The zero-order valence-corrected chi connectivity index (χ0v) is 19.2. The molecule has 6 heteroatoms. The predicted molar refractivity (Wildman–Crippen MR) is 124 cm³/mol. The first kappa shape index (κ1) is 22.2. The van der Waals surface area contributed by atoms with E-state index >= 15 is 0 Å². The summed E-state index contributed by atoms with van der Waals surface area (Å²) in [5, 5.41) is 0. The zero-order chi connectivity index (χ0) is 22.6. The van der Waals surface area contributed by atoms with Gasteiger partial charge in [-0.1, -0.05) is 30.3 Å². The van der Waals surface area contributed by atoms with Gasteiger partial charge in [0, 0.05) is 17.7 Å². The van der Waals surface area contributed by atoms with Crippen molar-refractivity contribution in [3.8, 4) is 11.5 Å². The van der Waals surface area contributed by atoms with Crippen LogP contribution in [-0.2, 0) is 22.7 Å². The monoisotopic (exact) mass is 436 g/mol. The molecule has 1 heterocycles. The Hall–Kier alpha value is -3.02. The molecule has 0 saturated heterocycles. The van der Waals surface area contributed by atoms with Crippen LogP contribution in [0.25, 0.3) is 0 Å². The van der Waals surface area contributed by atoms with Gasteiger partial charge in [0.15, 0.2) is 6.73 Å². The fraction of sp³-hybridized carbons (Fsp3) is 0.462. The molecule has 1 aliphatic carbocycles. The molecule has 0 atom stereocenters. The predicted octanol–water partition coefficient (Wildman–Crippen LogP) is 5.61. The Morgan fingerprint density at radius 1 is 1.12 bits per heavy atom. The summed E-state index contributed by atoms with van der Waals surface area (Å²) in [5.74, 6) is 1.32. The maximum Gasteiger partial charge on any atom is 0.312 e. The van der Waals surface area contributed by atoms with E-state index in [1.165, 1.54) is 12.8 Å². The zero-order valence-electron chi connectivity index (χ0n) is 19.2. The Morgan fingerprint density at radius 2 is 1.88 bits per heavy atom. The SMILES string of the molecule is CC(C)(C)C(=O)OCN1C=Nc2cc(OCc3ccccc3)cc(OC3CCCC3)c2C1. The minimum Gasteiger partial charge on any atom is -0.490 e. The van der Waals surface area contributed by atoms with Crippen LogP contribution in [0.15, 0.2) is 47.5 Å². The molecule has 0 amide bonds. The van der Waals surface area contributed by atoms with Crippen molar-refractivity contribution in [3.05, 3.63) is 53.6 Å². The molecule has 2 aromatic rings. The van der Waals surface area contributed by atoms with Crippen LogP contribution < -0.4 is 9.47 Å². The maximum absolute atomic E-state index is 12.1. The average molecular weight is 437 g/mol. The third kappa shape index (κ3) is 5.61. The number of nitrogens with zero attached hydrogens (tertiary/aromatic N) is 2. The van der Waals surface area contributed by atoms with Crippen LogP contribution in [0.4, 0.5) is 5.69 Å². The first-order valence-corrected chi connectivity index (χ1v) is 11.3. The fourth-order valence-electron chi connectivity index (χ4n) is 3.82. The fourth-order valence-corrected chi connectivity index (χ4v) is 3.82. The summed E-state index contributed by atoms with van der Waals surface area (Å²) in [7, 11) is 0. The van der Waals surface area contributed by atoms with Gasteiger partial charge in [-0.05, 0) is 52.0 Å². The molecule has 0 unspecified atom stereocenters. The summed E-state index contributed by atoms with van der Waals surface area (Å²) >= 11 is 0. The lowest BCUT2D eigenvalue weighted by molar-refractivity contribution is -0.156. The van der Waals surface area contributed by atoms with Crippen LogP contribution in [0.3, 0.4) is 0 Å². The van der Waals surface area contributed by atoms with E-state index in [4.69, 9.17) is 14.2 Å². The smallest absolute Gasteiger partial charge is 0.312 e. The summed E-state index contributed by atoms with van der Waals surface area (Å²) < 4.78 is 18.0. The van der Waals surface area contributed by atoms with E-state index in [0.717, 1.165) is 41.2 Å². The van der Waals surface area contributed by atoms with Gasteiger partial charge in [-0.3, -0.25) is 4.79 Å². The largest absolute Gasteiger partial charge is 0.490 e. The number of hydrogen-bond acceptors (Lipinski definition) is 6. The van der Waals surface area contributed by atoms with E-state index in [0.29, 0.717) is 13.2 Å². The van der Waals surface area contributed by atoms with E-state index in [-0.39, 0.29) is 18.8 Å². The molecule has 6 nitrogen and oxygen atoms in total. The molecule has 0 bridgehead atoms. The second-order valence-corrected chi connectivity index (χ2v) is 9.52. The Kier molecular flexibility index (Phi) is 6.68.